The number of hydrogen-bond acceptors (Lipinski definition) is 2. The van der Waals surface area contributed by atoms with Gasteiger partial charge in [-0.2, -0.15) is 0 Å². The molecule has 0 aliphatic rings. The van der Waals surface area contributed by atoms with E-state index >= 15 is 0 Å². The molecule has 0 heterocycles. The maximum Gasteiger partial charge on any atom is 0.0577 e. The third-order valence-electron chi connectivity index (χ3n) is 2.94. The van der Waals surface area contributed by atoms with Gasteiger partial charge < -0.3 is 10.8 Å². The summed E-state index contributed by atoms with van der Waals surface area (Å²) in [6, 6.07) is 0. The lowest BCUT2D eigenvalue weighted by Gasteiger charge is -2.19. The minimum atomic E-state index is -0.189. The van der Waals surface area contributed by atoms with Crippen LogP contribution in [0.2, 0.25) is 0 Å². The van der Waals surface area contributed by atoms with Crippen molar-refractivity contribution < 1.29 is 5.11 Å². The van der Waals surface area contributed by atoms with Crippen molar-refractivity contribution in [3.63, 3.8) is 0 Å². The highest BCUT2D eigenvalue weighted by molar-refractivity contribution is 4.68. The lowest BCUT2D eigenvalue weighted by atomic mass is 9.94. The largest absolute Gasteiger partial charge is 0.393 e. The van der Waals surface area contributed by atoms with Crippen LogP contribution in [0.3, 0.4) is 0 Å². The maximum absolute atomic E-state index is 9.64. The summed E-state index contributed by atoms with van der Waals surface area (Å²) in [5, 5.41) is 9.64. The second kappa shape index (κ2) is 9.47. The van der Waals surface area contributed by atoms with Gasteiger partial charge in [-0.3, -0.25) is 0 Å². The second-order valence-electron chi connectivity index (χ2n) is 4.17. The summed E-state index contributed by atoms with van der Waals surface area (Å²) in [5.74, 6) is 0.321. The van der Waals surface area contributed by atoms with Crippen LogP contribution in [0.1, 0.15) is 58.8 Å². The summed E-state index contributed by atoms with van der Waals surface area (Å²) in [6.07, 6.45) is 8.20. The highest BCUT2D eigenvalue weighted by Gasteiger charge is 2.14. The molecule has 0 bridgehead atoms. The number of aliphatic hydroxyl groups excluding tert-OH is 1. The average Bonchev–Trinajstić information content (AvgIpc) is 2.22. The van der Waals surface area contributed by atoms with E-state index in [0.717, 1.165) is 12.8 Å². The predicted molar refractivity (Wildman–Crippen MR) is 62.2 cm³/mol. The van der Waals surface area contributed by atoms with E-state index in [4.69, 9.17) is 5.73 Å². The number of unbranched alkanes of at least 4 members (excludes halogenated alkanes) is 4. The topological polar surface area (TPSA) is 46.2 Å². The van der Waals surface area contributed by atoms with Crippen LogP contribution < -0.4 is 5.73 Å². The molecule has 0 aromatic rings. The van der Waals surface area contributed by atoms with Gasteiger partial charge in [-0.1, -0.05) is 46.0 Å². The Kier molecular flexibility index (Phi) is 9.42. The molecule has 86 valence electrons. The molecule has 0 radical (unpaired) electrons. The minimum Gasteiger partial charge on any atom is -0.393 e. The van der Waals surface area contributed by atoms with E-state index in [0.29, 0.717) is 12.5 Å². The molecule has 0 aliphatic carbocycles. The molecule has 0 rings (SSSR count). The predicted octanol–water partition coefficient (Wildman–Crippen LogP) is 2.69. The molecule has 0 unspecified atom stereocenters. The fourth-order valence-corrected chi connectivity index (χ4v) is 1.81. The first kappa shape index (κ1) is 13.9. The SMILES string of the molecule is CCCCCCC[C@@H](CN)[C@H](O)CC. The van der Waals surface area contributed by atoms with Crippen molar-refractivity contribution in [3.05, 3.63) is 0 Å². The molecule has 0 saturated carbocycles. The zero-order valence-electron chi connectivity index (χ0n) is 9.84. The van der Waals surface area contributed by atoms with Gasteiger partial charge >= 0.3 is 0 Å². The quantitative estimate of drug-likeness (QED) is 0.563. The Morgan fingerprint density at radius 3 is 2.21 bits per heavy atom. The van der Waals surface area contributed by atoms with Gasteiger partial charge in [0.25, 0.3) is 0 Å². The molecular formula is C12H27NO. The summed E-state index contributed by atoms with van der Waals surface area (Å²) in [6.45, 7) is 4.87. The fourth-order valence-electron chi connectivity index (χ4n) is 1.81. The zero-order chi connectivity index (χ0) is 10.8. The van der Waals surface area contributed by atoms with Gasteiger partial charge in [-0.05, 0) is 25.3 Å². The average molecular weight is 201 g/mol. The van der Waals surface area contributed by atoms with Crippen molar-refractivity contribution >= 4 is 0 Å². The van der Waals surface area contributed by atoms with Gasteiger partial charge in [0.1, 0.15) is 0 Å². The van der Waals surface area contributed by atoms with Crippen LogP contribution in [-0.4, -0.2) is 17.8 Å². The van der Waals surface area contributed by atoms with Gasteiger partial charge in [0.05, 0.1) is 6.10 Å². The Balaban J connectivity index is 3.42. The fraction of sp³-hybridized carbons (Fsp3) is 1.00. The molecule has 2 heteroatoms. The van der Waals surface area contributed by atoms with E-state index < -0.39 is 0 Å². The summed E-state index contributed by atoms with van der Waals surface area (Å²) >= 11 is 0. The van der Waals surface area contributed by atoms with E-state index in [2.05, 4.69) is 6.92 Å². The smallest absolute Gasteiger partial charge is 0.0577 e. The van der Waals surface area contributed by atoms with Gasteiger partial charge in [0, 0.05) is 0 Å². The Morgan fingerprint density at radius 1 is 1.07 bits per heavy atom. The van der Waals surface area contributed by atoms with E-state index in [-0.39, 0.29) is 6.10 Å². The van der Waals surface area contributed by atoms with Crippen molar-refractivity contribution in [2.45, 2.75) is 64.9 Å². The summed E-state index contributed by atoms with van der Waals surface area (Å²) in [5.41, 5.74) is 5.63. The van der Waals surface area contributed by atoms with Gasteiger partial charge in [0.2, 0.25) is 0 Å². The van der Waals surface area contributed by atoms with Crippen molar-refractivity contribution in [2.24, 2.45) is 11.7 Å². The molecule has 0 saturated heterocycles. The monoisotopic (exact) mass is 201 g/mol. The third-order valence-corrected chi connectivity index (χ3v) is 2.94. The maximum atomic E-state index is 9.64. The summed E-state index contributed by atoms with van der Waals surface area (Å²) < 4.78 is 0. The van der Waals surface area contributed by atoms with Gasteiger partial charge in [-0.25, -0.2) is 0 Å². The van der Waals surface area contributed by atoms with Crippen LogP contribution in [0.15, 0.2) is 0 Å². The van der Waals surface area contributed by atoms with Crippen LogP contribution in [-0.2, 0) is 0 Å². The number of rotatable bonds is 9. The summed E-state index contributed by atoms with van der Waals surface area (Å²) in [7, 11) is 0. The molecule has 0 spiro atoms. The van der Waals surface area contributed by atoms with Crippen molar-refractivity contribution in [2.75, 3.05) is 6.54 Å². The Hall–Kier alpha value is -0.0800. The van der Waals surface area contributed by atoms with Crippen LogP contribution >= 0.6 is 0 Å². The van der Waals surface area contributed by atoms with Crippen LogP contribution in [0.5, 0.6) is 0 Å². The number of hydrogen-bond donors (Lipinski definition) is 2. The molecule has 0 aromatic carbocycles. The number of aliphatic hydroxyl groups is 1. The van der Waals surface area contributed by atoms with Crippen LogP contribution in [0, 0.1) is 5.92 Å². The minimum absolute atomic E-state index is 0.189. The molecule has 0 fully saturated rings. The third kappa shape index (κ3) is 6.39. The molecule has 2 nitrogen and oxygen atoms in total. The molecule has 0 aliphatic heterocycles. The van der Waals surface area contributed by atoms with Gasteiger partial charge in [0.15, 0.2) is 0 Å². The molecule has 3 N–H and O–H groups in total. The van der Waals surface area contributed by atoms with Crippen molar-refractivity contribution in [3.8, 4) is 0 Å². The molecule has 0 amide bonds. The van der Waals surface area contributed by atoms with Crippen LogP contribution in [0.4, 0.5) is 0 Å². The van der Waals surface area contributed by atoms with Gasteiger partial charge in [-0.15, -0.1) is 0 Å². The lowest BCUT2D eigenvalue weighted by molar-refractivity contribution is 0.101. The molecule has 0 aromatic heterocycles. The Bertz CT molecular complexity index is 117. The standard InChI is InChI=1S/C12H27NO/c1-3-5-6-7-8-9-11(10-13)12(14)4-2/h11-12,14H,3-10,13H2,1-2H3/t11-,12+/m0/s1. The molecule has 2 atom stereocenters. The first-order valence-electron chi connectivity index (χ1n) is 6.14. The zero-order valence-corrected chi connectivity index (χ0v) is 9.84. The molecular weight excluding hydrogens is 174 g/mol. The van der Waals surface area contributed by atoms with E-state index in [1.54, 1.807) is 0 Å². The Morgan fingerprint density at radius 2 is 1.71 bits per heavy atom. The van der Waals surface area contributed by atoms with Crippen molar-refractivity contribution in [1.29, 1.82) is 0 Å². The van der Waals surface area contributed by atoms with E-state index in [9.17, 15) is 5.11 Å². The molecule has 14 heavy (non-hydrogen) atoms. The Labute approximate surface area is 88.9 Å². The van der Waals surface area contributed by atoms with E-state index in [1.165, 1.54) is 32.1 Å². The first-order chi connectivity index (χ1) is 6.76. The second-order valence-corrected chi connectivity index (χ2v) is 4.17. The van der Waals surface area contributed by atoms with Crippen LogP contribution in [0.25, 0.3) is 0 Å². The highest BCUT2D eigenvalue weighted by atomic mass is 16.3. The first-order valence-corrected chi connectivity index (χ1v) is 6.14. The normalized spacial score (nSPS) is 15.4. The van der Waals surface area contributed by atoms with Crippen molar-refractivity contribution in [1.82, 2.24) is 0 Å². The van der Waals surface area contributed by atoms with E-state index in [1.807, 2.05) is 6.92 Å². The number of nitrogens with two attached hydrogens (primary N) is 1. The lowest BCUT2D eigenvalue weighted by Crippen LogP contribution is -2.27. The summed E-state index contributed by atoms with van der Waals surface area (Å²) in [4.78, 5) is 0. The highest BCUT2D eigenvalue weighted by Crippen LogP contribution is 2.15.